The van der Waals surface area contributed by atoms with Crippen LogP contribution in [0.1, 0.15) is 17.1 Å². The number of fused-ring (bicyclic) bond motifs is 1. The smallest absolute Gasteiger partial charge is 0.311 e. The van der Waals surface area contributed by atoms with E-state index < -0.39 is 5.97 Å². The van der Waals surface area contributed by atoms with Crippen LogP contribution in [-0.4, -0.2) is 34.3 Å². The van der Waals surface area contributed by atoms with E-state index >= 15 is 0 Å². The molecule has 16 heavy (non-hydrogen) atoms. The van der Waals surface area contributed by atoms with Crippen molar-refractivity contribution in [2.24, 2.45) is 0 Å². The molecule has 6 nitrogen and oxygen atoms in total. The number of carboxylic acid groups (broad SMARTS) is 1. The van der Waals surface area contributed by atoms with Gasteiger partial charge in [0, 0.05) is 18.4 Å². The molecule has 86 valence electrons. The van der Waals surface area contributed by atoms with Crippen molar-refractivity contribution in [3.05, 3.63) is 27.4 Å². The number of nitrogens with zero attached hydrogens (tertiary/aromatic N) is 1. The standard InChI is InChI=1S/C10H12N2O4/c13-9(14)5-8-11-7-2-4-16-3-1-6(7)10(15)12-8/h1-5H2,(H,13,14)(H,11,12,15). The molecule has 0 spiro atoms. The van der Waals surface area contributed by atoms with Crippen molar-refractivity contribution in [3.8, 4) is 0 Å². The van der Waals surface area contributed by atoms with E-state index in [-0.39, 0.29) is 17.8 Å². The number of nitrogens with one attached hydrogen (secondary N) is 1. The van der Waals surface area contributed by atoms with E-state index in [2.05, 4.69) is 9.97 Å². The first-order valence-corrected chi connectivity index (χ1v) is 5.07. The Balaban J connectivity index is 2.39. The third kappa shape index (κ3) is 2.27. The van der Waals surface area contributed by atoms with Crippen molar-refractivity contribution in [1.82, 2.24) is 9.97 Å². The lowest BCUT2D eigenvalue weighted by Gasteiger charge is -2.04. The Morgan fingerprint density at radius 3 is 2.94 bits per heavy atom. The molecule has 2 rings (SSSR count). The van der Waals surface area contributed by atoms with Gasteiger partial charge in [0.25, 0.3) is 5.56 Å². The van der Waals surface area contributed by atoms with Gasteiger partial charge in [0.2, 0.25) is 0 Å². The van der Waals surface area contributed by atoms with Crippen molar-refractivity contribution in [2.45, 2.75) is 19.3 Å². The van der Waals surface area contributed by atoms with Crippen LogP contribution in [-0.2, 0) is 28.8 Å². The van der Waals surface area contributed by atoms with Crippen LogP contribution in [0.4, 0.5) is 0 Å². The van der Waals surface area contributed by atoms with Gasteiger partial charge in [-0.2, -0.15) is 0 Å². The first-order chi connectivity index (χ1) is 7.66. The number of carbonyl (C=O) groups is 1. The SMILES string of the molecule is O=C(O)Cc1nc2c(c(=O)[nH]1)CCOCC2. The highest BCUT2D eigenvalue weighted by Gasteiger charge is 2.15. The number of aromatic amines is 1. The van der Waals surface area contributed by atoms with Crippen LogP contribution in [0.15, 0.2) is 4.79 Å². The highest BCUT2D eigenvalue weighted by Crippen LogP contribution is 2.08. The largest absolute Gasteiger partial charge is 0.481 e. The van der Waals surface area contributed by atoms with Gasteiger partial charge in [0.05, 0.1) is 18.9 Å². The minimum absolute atomic E-state index is 0.207. The summed E-state index contributed by atoms with van der Waals surface area (Å²) in [6.07, 6.45) is 0.834. The number of aromatic nitrogens is 2. The maximum atomic E-state index is 11.7. The minimum atomic E-state index is -1.01. The van der Waals surface area contributed by atoms with Gasteiger partial charge in [-0.15, -0.1) is 0 Å². The molecule has 1 aromatic heterocycles. The van der Waals surface area contributed by atoms with Gasteiger partial charge < -0.3 is 14.8 Å². The molecular weight excluding hydrogens is 212 g/mol. The lowest BCUT2D eigenvalue weighted by Crippen LogP contribution is -2.21. The lowest BCUT2D eigenvalue weighted by molar-refractivity contribution is -0.136. The Morgan fingerprint density at radius 2 is 2.19 bits per heavy atom. The van der Waals surface area contributed by atoms with Gasteiger partial charge in [0.15, 0.2) is 0 Å². The molecule has 0 atom stereocenters. The maximum Gasteiger partial charge on any atom is 0.311 e. The first-order valence-electron chi connectivity index (χ1n) is 5.07. The second-order valence-corrected chi connectivity index (χ2v) is 3.62. The average Bonchev–Trinajstić information content (AvgIpc) is 2.41. The van der Waals surface area contributed by atoms with Crippen molar-refractivity contribution in [3.63, 3.8) is 0 Å². The van der Waals surface area contributed by atoms with Crippen LogP contribution in [0.2, 0.25) is 0 Å². The number of carboxylic acids is 1. The molecule has 2 heterocycles. The topological polar surface area (TPSA) is 92.3 Å². The van der Waals surface area contributed by atoms with Gasteiger partial charge in [-0.05, 0) is 0 Å². The summed E-state index contributed by atoms with van der Waals surface area (Å²) in [7, 11) is 0. The quantitative estimate of drug-likeness (QED) is 0.707. The third-order valence-corrected chi connectivity index (χ3v) is 2.45. The van der Waals surface area contributed by atoms with Crippen molar-refractivity contribution in [2.75, 3.05) is 13.2 Å². The first kappa shape index (κ1) is 10.8. The summed E-state index contributed by atoms with van der Waals surface area (Å²) in [5.74, 6) is -0.800. The maximum absolute atomic E-state index is 11.7. The highest BCUT2D eigenvalue weighted by atomic mass is 16.5. The van der Waals surface area contributed by atoms with Crippen LogP contribution in [0.25, 0.3) is 0 Å². The fraction of sp³-hybridized carbons (Fsp3) is 0.500. The summed E-state index contributed by atoms with van der Waals surface area (Å²) >= 11 is 0. The molecule has 0 bridgehead atoms. The number of H-pyrrole nitrogens is 1. The van der Waals surface area contributed by atoms with Crippen molar-refractivity contribution in [1.29, 1.82) is 0 Å². The zero-order valence-corrected chi connectivity index (χ0v) is 8.65. The summed E-state index contributed by atoms with van der Waals surface area (Å²) < 4.78 is 5.24. The molecule has 0 amide bonds. The monoisotopic (exact) mass is 224 g/mol. The highest BCUT2D eigenvalue weighted by molar-refractivity contribution is 5.68. The zero-order valence-electron chi connectivity index (χ0n) is 8.65. The molecule has 0 aliphatic carbocycles. The Labute approximate surface area is 91.3 Å². The number of aliphatic carboxylic acids is 1. The van der Waals surface area contributed by atoms with E-state index in [0.29, 0.717) is 37.3 Å². The molecule has 2 N–H and O–H groups in total. The summed E-state index contributed by atoms with van der Waals surface area (Å²) in [4.78, 5) is 28.9. The van der Waals surface area contributed by atoms with Crippen molar-refractivity contribution < 1.29 is 14.6 Å². The van der Waals surface area contributed by atoms with Crippen LogP contribution in [0.5, 0.6) is 0 Å². The minimum Gasteiger partial charge on any atom is -0.481 e. The van der Waals surface area contributed by atoms with E-state index in [1.165, 1.54) is 0 Å². The Kier molecular flexibility index (Phi) is 3.00. The average molecular weight is 224 g/mol. The predicted octanol–water partition coefficient (Wildman–Crippen LogP) is -0.488. The van der Waals surface area contributed by atoms with E-state index in [0.717, 1.165) is 0 Å². The second kappa shape index (κ2) is 4.44. The molecule has 0 saturated heterocycles. The van der Waals surface area contributed by atoms with Gasteiger partial charge in [-0.1, -0.05) is 0 Å². The molecule has 6 heteroatoms. The van der Waals surface area contributed by atoms with E-state index in [1.807, 2.05) is 0 Å². The Morgan fingerprint density at radius 1 is 1.44 bits per heavy atom. The van der Waals surface area contributed by atoms with Gasteiger partial charge >= 0.3 is 5.97 Å². The molecule has 1 aromatic rings. The molecule has 0 radical (unpaired) electrons. The van der Waals surface area contributed by atoms with Crippen LogP contribution in [0.3, 0.4) is 0 Å². The number of rotatable bonds is 2. The fourth-order valence-electron chi connectivity index (χ4n) is 1.73. The fourth-order valence-corrected chi connectivity index (χ4v) is 1.73. The van der Waals surface area contributed by atoms with Crippen LogP contribution < -0.4 is 5.56 Å². The summed E-state index contributed by atoms with van der Waals surface area (Å²) in [6.45, 7) is 1.03. The van der Waals surface area contributed by atoms with Gasteiger partial charge in [-0.25, -0.2) is 4.98 Å². The van der Waals surface area contributed by atoms with Gasteiger partial charge in [-0.3, -0.25) is 9.59 Å². The zero-order chi connectivity index (χ0) is 11.5. The van der Waals surface area contributed by atoms with E-state index in [9.17, 15) is 9.59 Å². The molecule has 0 unspecified atom stereocenters. The predicted molar refractivity (Wildman–Crippen MR) is 54.4 cm³/mol. The van der Waals surface area contributed by atoms with Crippen molar-refractivity contribution >= 4 is 5.97 Å². The summed E-state index contributed by atoms with van der Waals surface area (Å²) in [5.41, 5.74) is 1.04. The summed E-state index contributed by atoms with van der Waals surface area (Å²) in [5, 5.41) is 8.63. The second-order valence-electron chi connectivity index (χ2n) is 3.62. The van der Waals surface area contributed by atoms with E-state index in [4.69, 9.17) is 9.84 Å². The lowest BCUT2D eigenvalue weighted by atomic mass is 10.1. The van der Waals surface area contributed by atoms with E-state index in [1.54, 1.807) is 0 Å². The van der Waals surface area contributed by atoms with Crippen LogP contribution >= 0.6 is 0 Å². The molecule has 0 saturated carbocycles. The normalized spacial score (nSPS) is 15.2. The van der Waals surface area contributed by atoms with Gasteiger partial charge in [0.1, 0.15) is 12.2 Å². The van der Waals surface area contributed by atoms with Crippen LogP contribution in [0, 0.1) is 0 Å². The molecule has 0 aromatic carbocycles. The number of hydrogen-bond donors (Lipinski definition) is 2. The molecule has 1 aliphatic rings. The molecule has 0 fully saturated rings. The Bertz CT molecular complexity index is 466. The molecular formula is C10H12N2O4. The Hall–Kier alpha value is -1.69. The third-order valence-electron chi connectivity index (χ3n) is 2.45. The summed E-state index contributed by atoms with van der Waals surface area (Å²) in [6, 6.07) is 0. The molecule has 1 aliphatic heterocycles. The number of ether oxygens (including phenoxy) is 1. The number of hydrogen-bond acceptors (Lipinski definition) is 4.